The van der Waals surface area contributed by atoms with Crippen molar-refractivity contribution in [2.75, 3.05) is 26.2 Å². The summed E-state index contributed by atoms with van der Waals surface area (Å²) in [5.41, 5.74) is 0. The van der Waals surface area contributed by atoms with E-state index >= 15 is 0 Å². The zero-order chi connectivity index (χ0) is 10.3. The number of nitrogens with one attached hydrogen (secondary N) is 2. The van der Waals surface area contributed by atoms with Gasteiger partial charge in [0.1, 0.15) is 0 Å². The molecule has 0 bridgehead atoms. The molecule has 0 atom stereocenters. The van der Waals surface area contributed by atoms with Crippen LogP contribution >= 0.6 is 0 Å². The Balaban J connectivity index is 1.47. The van der Waals surface area contributed by atoms with Gasteiger partial charge in [-0.1, -0.05) is 25.7 Å². The summed E-state index contributed by atoms with van der Waals surface area (Å²) in [7, 11) is 0. The van der Waals surface area contributed by atoms with Crippen LogP contribution in [-0.2, 0) is 0 Å². The predicted octanol–water partition coefficient (Wildman–Crippen LogP) is 2.16. The molecule has 2 N–H and O–H groups in total. The van der Waals surface area contributed by atoms with Crippen LogP contribution in [0, 0.1) is 11.8 Å². The highest BCUT2D eigenvalue weighted by molar-refractivity contribution is 4.72. The second kappa shape index (κ2) is 6.49. The van der Waals surface area contributed by atoms with Gasteiger partial charge in [-0.05, 0) is 57.3 Å². The lowest BCUT2D eigenvalue weighted by atomic mass is 9.98. The molecular formula is C13H26N2. The van der Waals surface area contributed by atoms with Crippen molar-refractivity contribution < 1.29 is 0 Å². The van der Waals surface area contributed by atoms with E-state index in [2.05, 4.69) is 10.6 Å². The van der Waals surface area contributed by atoms with Crippen LogP contribution in [-0.4, -0.2) is 26.2 Å². The molecule has 0 amide bonds. The summed E-state index contributed by atoms with van der Waals surface area (Å²) in [4.78, 5) is 0. The molecule has 2 nitrogen and oxygen atoms in total. The minimum Gasteiger partial charge on any atom is -0.317 e. The van der Waals surface area contributed by atoms with Crippen molar-refractivity contribution in [1.29, 1.82) is 0 Å². The Hall–Kier alpha value is -0.0800. The molecule has 0 radical (unpaired) electrons. The van der Waals surface area contributed by atoms with Crippen molar-refractivity contribution in [1.82, 2.24) is 10.6 Å². The Morgan fingerprint density at radius 2 is 1.67 bits per heavy atom. The molecule has 1 aliphatic heterocycles. The Morgan fingerprint density at radius 3 is 2.40 bits per heavy atom. The van der Waals surface area contributed by atoms with Gasteiger partial charge in [0.2, 0.25) is 0 Å². The van der Waals surface area contributed by atoms with Crippen molar-refractivity contribution in [3.63, 3.8) is 0 Å². The lowest BCUT2D eigenvalue weighted by Crippen LogP contribution is -2.34. The van der Waals surface area contributed by atoms with Gasteiger partial charge in [-0.2, -0.15) is 0 Å². The molecule has 2 heteroatoms. The highest BCUT2D eigenvalue weighted by Crippen LogP contribution is 2.26. The van der Waals surface area contributed by atoms with Crippen molar-refractivity contribution in [2.24, 2.45) is 11.8 Å². The average molecular weight is 210 g/mol. The minimum atomic E-state index is 0.940. The van der Waals surface area contributed by atoms with E-state index in [-0.39, 0.29) is 0 Å². The third-order valence-corrected chi connectivity index (χ3v) is 4.10. The van der Waals surface area contributed by atoms with Crippen LogP contribution in [0.3, 0.4) is 0 Å². The van der Waals surface area contributed by atoms with Crippen LogP contribution < -0.4 is 10.6 Å². The van der Waals surface area contributed by atoms with E-state index in [1.165, 1.54) is 71.1 Å². The van der Waals surface area contributed by atoms with Gasteiger partial charge in [0.05, 0.1) is 0 Å². The van der Waals surface area contributed by atoms with Crippen LogP contribution in [0.4, 0.5) is 0 Å². The molecule has 1 saturated carbocycles. The summed E-state index contributed by atoms with van der Waals surface area (Å²) in [6, 6.07) is 0. The van der Waals surface area contributed by atoms with E-state index in [1.807, 2.05) is 0 Å². The molecule has 0 spiro atoms. The first kappa shape index (κ1) is 11.4. The zero-order valence-electron chi connectivity index (χ0n) is 9.93. The SMILES string of the molecule is C1CCC(CCNCC2CCNCC2)C1. The first-order chi connectivity index (χ1) is 7.45. The fraction of sp³-hybridized carbons (Fsp3) is 1.00. The fourth-order valence-corrected chi connectivity index (χ4v) is 3.00. The summed E-state index contributed by atoms with van der Waals surface area (Å²) >= 11 is 0. The third kappa shape index (κ3) is 4.12. The van der Waals surface area contributed by atoms with E-state index in [0.717, 1.165) is 11.8 Å². The second-order valence-corrected chi connectivity index (χ2v) is 5.34. The molecule has 1 saturated heterocycles. The number of piperidine rings is 1. The summed E-state index contributed by atoms with van der Waals surface area (Å²) in [5.74, 6) is 1.99. The van der Waals surface area contributed by atoms with Gasteiger partial charge in [-0.3, -0.25) is 0 Å². The van der Waals surface area contributed by atoms with Gasteiger partial charge in [-0.25, -0.2) is 0 Å². The van der Waals surface area contributed by atoms with E-state index in [1.54, 1.807) is 0 Å². The van der Waals surface area contributed by atoms with Gasteiger partial charge >= 0.3 is 0 Å². The topological polar surface area (TPSA) is 24.1 Å². The van der Waals surface area contributed by atoms with E-state index in [4.69, 9.17) is 0 Å². The Bertz CT molecular complexity index is 158. The van der Waals surface area contributed by atoms with Crippen LogP contribution in [0.15, 0.2) is 0 Å². The monoisotopic (exact) mass is 210 g/mol. The summed E-state index contributed by atoms with van der Waals surface area (Å²) < 4.78 is 0. The van der Waals surface area contributed by atoms with Crippen molar-refractivity contribution in [3.05, 3.63) is 0 Å². The molecular weight excluding hydrogens is 184 g/mol. The van der Waals surface area contributed by atoms with Gasteiger partial charge in [0.15, 0.2) is 0 Å². The highest BCUT2D eigenvalue weighted by Gasteiger charge is 2.15. The van der Waals surface area contributed by atoms with Crippen LogP contribution in [0.2, 0.25) is 0 Å². The lowest BCUT2D eigenvalue weighted by Gasteiger charge is -2.23. The van der Waals surface area contributed by atoms with E-state index in [0.29, 0.717) is 0 Å². The molecule has 1 aliphatic carbocycles. The summed E-state index contributed by atoms with van der Waals surface area (Å²) in [6.45, 7) is 4.98. The third-order valence-electron chi connectivity index (χ3n) is 4.10. The standard InChI is InChI=1S/C13H26N2/c1-2-4-12(3-1)5-10-15-11-13-6-8-14-9-7-13/h12-15H,1-11H2. The first-order valence-electron chi connectivity index (χ1n) is 6.86. The summed E-state index contributed by atoms with van der Waals surface area (Å²) in [6.07, 6.45) is 10.1. The largest absolute Gasteiger partial charge is 0.317 e. The maximum atomic E-state index is 3.65. The van der Waals surface area contributed by atoms with E-state index < -0.39 is 0 Å². The Labute approximate surface area is 94.2 Å². The zero-order valence-corrected chi connectivity index (χ0v) is 9.93. The number of hydrogen-bond acceptors (Lipinski definition) is 2. The van der Waals surface area contributed by atoms with Gasteiger partial charge in [0, 0.05) is 0 Å². The number of hydrogen-bond donors (Lipinski definition) is 2. The molecule has 0 aromatic rings. The number of rotatable bonds is 5. The quantitative estimate of drug-likeness (QED) is 0.680. The molecule has 2 aliphatic rings. The normalized spacial score (nSPS) is 24.8. The van der Waals surface area contributed by atoms with Crippen molar-refractivity contribution in [2.45, 2.75) is 44.9 Å². The molecule has 15 heavy (non-hydrogen) atoms. The van der Waals surface area contributed by atoms with Gasteiger partial charge in [0.25, 0.3) is 0 Å². The predicted molar refractivity (Wildman–Crippen MR) is 65.0 cm³/mol. The minimum absolute atomic E-state index is 0.940. The van der Waals surface area contributed by atoms with Crippen molar-refractivity contribution >= 4 is 0 Å². The van der Waals surface area contributed by atoms with Crippen molar-refractivity contribution in [3.8, 4) is 0 Å². The molecule has 88 valence electrons. The maximum Gasteiger partial charge on any atom is -0.00196 e. The Kier molecular flexibility index (Phi) is 4.94. The molecule has 0 aromatic carbocycles. The van der Waals surface area contributed by atoms with Gasteiger partial charge < -0.3 is 10.6 Å². The summed E-state index contributed by atoms with van der Waals surface area (Å²) in [5, 5.41) is 7.08. The highest BCUT2D eigenvalue weighted by atomic mass is 14.9. The van der Waals surface area contributed by atoms with Crippen LogP contribution in [0.5, 0.6) is 0 Å². The molecule has 2 fully saturated rings. The fourth-order valence-electron chi connectivity index (χ4n) is 3.00. The Morgan fingerprint density at radius 1 is 0.933 bits per heavy atom. The smallest absolute Gasteiger partial charge is 0.00196 e. The first-order valence-corrected chi connectivity index (χ1v) is 6.86. The molecule has 1 heterocycles. The van der Waals surface area contributed by atoms with Gasteiger partial charge in [-0.15, -0.1) is 0 Å². The average Bonchev–Trinajstić information content (AvgIpc) is 2.79. The molecule has 2 rings (SSSR count). The lowest BCUT2D eigenvalue weighted by molar-refractivity contribution is 0.350. The van der Waals surface area contributed by atoms with Crippen LogP contribution in [0.1, 0.15) is 44.9 Å². The maximum absolute atomic E-state index is 3.65. The van der Waals surface area contributed by atoms with E-state index in [9.17, 15) is 0 Å². The van der Waals surface area contributed by atoms with Crippen LogP contribution in [0.25, 0.3) is 0 Å². The second-order valence-electron chi connectivity index (χ2n) is 5.34. The molecule has 0 unspecified atom stereocenters. The molecule has 0 aromatic heterocycles.